The molecule has 0 aliphatic heterocycles. The van der Waals surface area contributed by atoms with E-state index in [1.54, 1.807) is 0 Å². The average Bonchev–Trinajstić information content (AvgIpc) is 2.37. The molecule has 0 heterocycles. The van der Waals surface area contributed by atoms with E-state index in [2.05, 4.69) is 56.3 Å². The van der Waals surface area contributed by atoms with Gasteiger partial charge >= 0.3 is 0 Å². The molecule has 0 aromatic heterocycles. The highest BCUT2D eigenvalue weighted by Crippen LogP contribution is 2.14. The van der Waals surface area contributed by atoms with Gasteiger partial charge < -0.3 is 5.73 Å². The van der Waals surface area contributed by atoms with Crippen LogP contribution < -0.4 is 5.73 Å². The van der Waals surface area contributed by atoms with E-state index < -0.39 is 0 Å². The first-order chi connectivity index (χ1) is 8.69. The lowest BCUT2D eigenvalue weighted by Crippen LogP contribution is -2.02. The van der Waals surface area contributed by atoms with Gasteiger partial charge in [0, 0.05) is 0 Å². The van der Waals surface area contributed by atoms with Crippen molar-refractivity contribution < 1.29 is 0 Å². The maximum Gasteiger partial charge on any atom is -0.00257 e. The summed E-state index contributed by atoms with van der Waals surface area (Å²) in [5.41, 5.74) is 12.3. The largest absolute Gasteiger partial charge is 0.330 e. The molecule has 0 saturated carbocycles. The Kier molecular flexibility index (Phi) is 4.16. The van der Waals surface area contributed by atoms with E-state index in [0.717, 1.165) is 19.4 Å². The molecule has 2 N–H and O–H groups in total. The molecule has 0 radical (unpaired) electrons. The second kappa shape index (κ2) is 5.83. The van der Waals surface area contributed by atoms with Crippen molar-refractivity contribution in [3.63, 3.8) is 0 Å². The maximum atomic E-state index is 5.55. The zero-order valence-corrected chi connectivity index (χ0v) is 11.2. The van der Waals surface area contributed by atoms with E-state index in [-0.39, 0.29) is 0 Å². The van der Waals surface area contributed by atoms with Crippen molar-refractivity contribution in [2.45, 2.75) is 26.7 Å². The minimum Gasteiger partial charge on any atom is -0.330 e. The molecule has 0 saturated heterocycles. The second-order valence-corrected chi connectivity index (χ2v) is 4.95. The lowest BCUT2D eigenvalue weighted by Gasteiger charge is -2.06. The monoisotopic (exact) mass is 239 g/mol. The third-order valence-corrected chi connectivity index (χ3v) is 3.44. The van der Waals surface area contributed by atoms with E-state index in [9.17, 15) is 0 Å². The number of hydrogen-bond donors (Lipinski definition) is 1. The quantitative estimate of drug-likeness (QED) is 0.869. The van der Waals surface area contributed by atoms with Crippen LogP contribution in [0.1, 0.15) is 27.8 Å². The van der Waals surface area contributed by atoms with E-state index in [1.807, 2.05) is 0 Å². The molecule has 0 bridgehead atoms. The van der Waals surface area contributed by atoms with Crippen LogP contribution in [0, 0.1) is 13.8 Å². The molecule has 0 fully saturated rings. The van der Waals surface area contributed by atoms with Crippen LogP contribution in [-0.4, -0.2) is 6.54 Å². The summed E-state index contributed by atoms with van der Waals surface area (Å²) in [5.74, 6) is 0. The lowest BCUT2D eigenvalue weighted by atomic mass is 9.99. The summed E-state index contributed by atoms with van der Waals surface area (Å²) in [5, 5.41) is 0. The Hall–Kier alpha value is -1.60. The molecular weight excluding hydrogens is 218 g/mol. The number of rotatable bonds is 4. The van der Waals surface area contributed by atoms with Crippen LogP contribution in [0.2, 0.25) is 0 Å². The Morgan fingerprint density at radius 2 is 1.39 bits per heavy atom. The van der Waals surface area contributed by atoms with Gasteiger partial charge in [0.05, 0.1) is 0 Å². The molecule has 0 aliphatic rings. The molecule has 0 spiro atoms. The van der Waals surface area contributed by atoms with Gasteiger partial charge in [0.15, 0.2) is 0 Å². The molecule has 94 valence electrons. The predicted molar refractivity (Wildman–Crippen MR) is 77.9 cm³/mol. The molecule has 1 heteroatoms. The van der Waals surface area contributed by atoms with Crippen molar-refractivity contribution in [2.24, 2.45) is 5.73 Å². The standard InChI is InChI=1S/C17H21N/c1-13-3-4-17(11-14(13)2)12-16-7-5-15(6-8-16)9-10-18/h3-8,11H,9-10,12,18H2,1-2H3. The first-order valence-electron chi connectivity index (χ1n) is 6.53. The number of benzene rings is 2. The summed E-state index contributed by atoms with van der Waals surface area (Å²) in [4.78, 5) is 0. The van der Waals surface area contributed by atoms with Crippen molar-refractivity contribution in [2.75, 3.05) is 6.54 Å². The van der Waals surface area contributed by atoms with Crippen molar-refractivity contribution in [3.8, 4) is 0 Å². The molecule has 1 nitrogen and oxygen atoms in total. The Labute approximate surface area is 110 Å². The summed E-state index contributed by atoms with van der Waals surface area (Å²) in [6, 6.07) is 15.5. The fourth-order valence-electron chi connectivity index (χ4n) is 2.14. The second-order valence-electron chi connectivity index (χ2n) is 4.95. The van der Waals surface area contributed by atoms with Crippen LogP contribution >= 0.6 is 0 Å². The highest BCUT2D eigenvalue weighted by Gasteiger charge is 1.99. The minimum absolute atomic E-state index is 0.719. The molecule has 2 rings (SSSR count). The highest BCUT2D eigenvalue weighted by atomic mass is 14.5. The van der Waals surface area contributed by atoms with E-state index in [0.29, 0.717) is 0 Å². The molecular formula is C17H21N. The first-order valence-corrected chi connectivity index (χ1v) is 6.53. The summed E-state index contributed by atoms with van der Waals surface area (Å²) in [7, 11) is 0. The molecule has 18 heavy (non-hydrogen) atoms. The number of nitrogens with two attached hydrogens (primary N) is 1. The molecule has 0 aliphatic carbocycles. The van der Waals surface area contributed by atoms with Gasteiger partial charge in [-0.1, -0.05) is 42.5 Å². The Bertz CT molecular complexity index is 512. The van der Waals surface area contributed by atoms with Crippen LogP contribution in [0.5, 0.6) is 0 Å². The third kappa shape index (κ3) is 3.21. The van der Waals surface area contributed by atoms with Gasteiger partial charge in [-0.05, 0) is 61.1 Å². The number of hydrogen-bond acceptors (Lipinski definition) is 1. The normalized spacial score (nSPS) is 10.6. The molecule has 0 atom stereocenters. The smallest absolute Gasteiger partial charge is 0.00257 e. The van der Waals surface area contributed by atoms with E-state index >= 15 is 0 Å². The van der Waals surface area contributed by atoms with Crippen LogP contribution in [-0.2, 0) is 12.8 Å². The Morgan fingerprint density at radius 1 is 0.778 bits per heavy atom. The van der Waals surface area contributed by atoms with Gasteiger partial charge in [-0.2, -0.15) is 0 Å². The van der Waals surface area contributed by atoms with Crippen molar-refractivity contribution in [3.05, 3.63) is 70.3 Å². The average molecular weight is 239 g/mol. The number of aryl methyl sites for hydroxylation is 2. The SMILES string of the molecule is Cc1ccc(Cc2ccc(CCN)cc2)cc1C. The zero-order valence-electron chi connectivity index (χ0n) is 11.2. The van der Waals surface area contributed by atoms with Gasteiger partial charge in [0.2, 0.25) is 0 Å². The Morgan fingerprint density at radius 3 is 2.00 bits per heavy atom. The van der Waals surface area contributed by atoms with Crippen molar-refractivity contribution in [1.29, 1.82) is 0 Å². The highest BCUT2D eigenvalue weighted by molar-refractivity contribution is 5.34. The first kappa shape index (κ1) is 12.8. The zero-order chi connectivity index (χ0) is 13.0. The molecule has 0 unspecified atom stereocenters. The third-order valence-electron chi connectivity index (χ3n) is 3.44. The van der Waals surface area contributed by atoms with E-state index in [1.165, 1.54) is 27.8 Å². The van der Waals surface area contributed by atoms with Crippen LogP contribution in [0.15, 0.2) is 42.5 Å². The van der Waals surface area contributed by atoms with Crippen molar-refractivity contribution in [1.82, 2.24) is 0 Å². The fourth-order valence-corrected chi connectivity index (χ4v) is 2.14. The Balaban J connectivity index is 2.10. The maximum absolute atomic E-state index is 5.55. The van der Waals surface area contributed by atoms with E-state index in [4.69, 9.17) is 5.73 Å². The van der Waals surface area contributed by atoms with Gasteiger partial charge in [-0.15, -0.1) is 0 Å². The topological polar surface area (TPSA) is 26.0 Å². The van der Waals surface area contributed by atoms with Gasteiger partial charge in [0.25, 0.3) is 0 Å². The summed E-state index contributed by atoms with van der Waals surface area (Å²) in [6.07, 6.45) is 1.97. The summed E-state index contributed by atoms with van der Waals surface area (Å²) >= 11 is 0. The van der Waals surface area contributed by atoms with Crippen LogP contribution in [0.25, 0.3) is 0 Å². The molecule has 0 amide bonds. The predicted octanol–water partition coefficient (Wildman–Crippen LogP) is 3.40. The van der Waals surface area contributed by atoms with Crippen LogP contribution in [0.4, 0.5) is 0 Å². The van der Waals surface area contributed by atoms with Crippen molar-refractivity contribution >= 4 is 0 Å². The van der Waals surface area contributed by atoms with Gasteiger partial charge in [-0.25, -0.2) is 0 Å². The lowest BCUT2D eigenvalue weighted by molar-refractivity contribution is 0.966. The molecule has 2 aromatic carbocycles. The molecule has 2 aromatic rings. The summed E-state index contributed by atoms with van der Waals surface area (Å²) in [6.45, 7) is 5.04. The minimum atomic E-state index is 0.719. The summed E-state index contributed by atoms with van der Waals surface area (Å²) < 4.78 is 0. The van der Waals surface area contributed by atoms with Gasteiger partial charge in [0.1, 0.15) is 0 Å². The van der Waals surface area contributed by atoms with Gasteiger partial charge in [-0.3, -0.25) is 0 Å². The van der Waals surface area contributed by atoms with Crippen LogP contribution in [0.3, 0.4) is 0 Å². The fraction of sp³-hybridized carbons (Fsp3) is 0.294.